The Kier molecular flexibility index (Phi) is 4.04. The Hall–Kier alpha value is -1.33. The SMILES string of the molecule is COc1ccc2nc(CCl)n(CC(C)OC)c2n1. The van der Waals surface area contributed by atoms with Crippen LogP contribution in [0.4, 0.5) is 0 Å². The molecule has 98 valence electrons. The maximum absolute atomic E-state index is 5.92. The van der Waals surface area contributed by atoms with Crippen LogP contribution >= 0.6 is 11.6 Å². The van der Waals surface area contributed by atoms with Gasteiger partial charge in [-0.05, 0) is 13.0 Å². The predicted octanol–water partition coefficient (Wildman–Crippen LogP) is 2.21. The number of fused-ring (bicyclic) bond motifs is 1. The van der Waals surface area contributed by atoms with Crippen molar-refractivity contribution in [2.75, 3.05) is 14.2 Å². The van der Waals surface area contributed by atoms with Gasteiger partial charge in [0, 0.05) is 13.2 Å². The lowest BCUT2D eigenvalue weighted by Crippen LogP contribution is -2.16. The van der Waals surface area contributed by atoms with Crippen molar-refractivity contribution in [2.45, 2.75) is 25.5 Å². The summed E-state index contributed by atoms with van der Waals surface area (Å²) in [6.07, 6.45) is 0.0670. The van der Waals surface area contributed by atoms with Gasteiger partial charge in [-0.3, -0.25) is 0 Å². The van der Waals surface area contributed by atoms with Gasteiger partial charge in [0.2, 0.25) is 5.88 Å². The Morgan fingerprint density at radius 1 is 1.33 bits per heavy atom. The van der Waals surface area contributed by atoms with Crippen LogP contribution in [0.25, 0.3) is 11.2 Å². The van der Waals surface area contributed by atoms with E-state index in [1.165, 1.54) is 0 Å². The molecular weight excluding hydrogens is 254 g/mol. The minimum absolute atomic E-state index is 0.0670. The third-order valence-corrected chi connectivity index (χ3v) is 3.06. The van der Waals surface area contributed by atoms with E-state index >= 15 is 0 Å². The number of aromatic nitrogens is 3. The Bertz CT molecular complexity index is 541. The highest BCUT2D eigenvalue weighted by Crippen LogP contribution is 2.19. The fourth-order valence-corrected chi connectivity index (χ4v) is 1.97. The quantitative estimate of drug-likeness (QED) is 0.781. The molecule has 0 fully saturated rings. The molecule has 2 rings (SSSR count). The van der Waals surface area contributed by atoms with E-state index in [-0.39, 0.29) is 6.10 Å². The molecule has 0 N–H and O–H groups in total. The summed E-state index contributed by atoms with van der Waals surface area (Å²) in [7, 11) is 3.27. The van der Waals surface area contributed by atoms with E-state index in [1.807, 2.05) is 17.6 Å². The molecule has 2 aromatic heterocycles. The summed E-state index contributed by atoms with van der Waals surface area (Å²) in [6.45, 7) is 2.65. The van der Waals surface area contributed by atoms with E-state index in [0.717, 1.165) is 17.0 Å². The summed E-state index contributed by atoms with van der Waals surface area (Å²) in [6, 6.07) is 3.67. The molecule has 0 aliphatic heterocycles. The van der Waals surface area contributed by atoms with Crippen LogP contribution in [0.2, 0.25) is 0 Å². The second-order valence-corrected chi connectivity index (χ2v) is 4.28. The Morgan fingerprint density at radius 3 is 2.72 bits per heavy atom. The standard InChI is InChI=1S/C12H16ClN3O2/c1-8(17-2)7-16-10(6-13)14-9-4-5-11(18-3)15-12(9)16/h4-5,8H,6-7H2,1-3H3. The van der Waals surface area contributed by atoms with Gasteiger partial charge in [0.05, 0.1) is 25.6 Å². The third kappa shape index (κ3) is 2.42. The van der Waals surface area contributed by atoms with E-state index in [2.05, 4.69) is 9.97 Å². The van der Waals surface area contributed by atoms with Crippen molar-refractivity contribution in [3.63, 3.8) is 0 Å². The summed E-state index contributed by atoms with van der Waals surface area (Å²) >= 11 is 5.92. The summed E-state index contributed by atoms with van der Waals surface area (Å²) in [4.78, 5) is 8.86. The van der Waals surface area contributed by atoms with Crippen molar-refractivity contribution >= 4 is 22.8 Å². The van der Waals surface area contributed by atoms with Gasteiger partial charge in [0.15, 0.2) is 5.65 Å². The molecule has 0 aliphatic carbocycles. The molecule has 2 aromatic rings. The molecule has 2 heterocycles. The lowest BCUT2D eigenvalue weighted by molar-refractivity contribution is 0.103. The van der Waals surface area contributed by atoms with Crippen LogP contribution in [0, 0.1) is 0 Å². The Balaban J connectivity index is 2.51. The van der Waals surface area contributed by atoms with Crippen molar-refractivity contribution in [1.29, 1.82) is 0 Å². The third-order valence-electron chi connectivity index (χ3n) is 2.82. The number of rotatable bonds is 5. The molecule has 0 aromatic carbocycles. The number of halogens is 1. The fraction of sp³-hybridized carbons (Fsp3) is 0.500. The first-order valence-corrected chi connectivity index (χ1v) is 6.22. The fourth-order valence-electron chi connectivity index (χ4n) is 1.77. The number of nitrogens with zero attached hydrogens (tertiary/aromatic N) is 3. The molecule has 0 radical (unpaired) electrons. The maximum atomic E-state index is 5.92. The lowest BCUT2D eigenvalue weighted by Gasteiger charge is -2.12. The van der Waals surface area contributed by atoms with Gasteiger partial charge in [-0.2, -0.15) is 4.98 Å². The van der Waals surface area contributed by atoms with Crippen molar-refractivity contribution in [3.8, 4) is 5.88 Å². The second-order valence-electron chi connectivity index (χ2n) is 4.01. The van der Waals surface area contributed by atoms with Crippen LogP contribution in [0.1, 0.15) is 12.7 Å². The number of hydrogen-bond donors (Lipinski definition) is 0. The summed E-state index contributed by atoms with van der Waals surface area (Å²) in [5.74, 6) is 1.70. The monoisotopic (exact) mass is 269 g/mol. The summed E-state index contributed by atoms with van der Waals surface area (Å²) in [5, 5.41) is 0. The highest BCUT2D eigenvalue weighted by Gasteiger charge is 2.14. The Morgan fingerprint density at radius 2 is 2.11 bits per heavy atom. The first kappa shape index (κ1) is 13.1. The number of ether oxygens (including phenoxy) is 2. The smallest absolute Gasteiger partial charge is 0.215 e. The van der Waals surface area contributed by atoms with Gasteiger partial charge in [-0.25, -0.2) is 4.98 Å². The van der Waals surface area contributed by atoms with Crippen LogP contribution < -0.4 is 4.74 Å². The van der Waals surface area contributed by atoms with Crippen LogP contribution in [0.15, 0.2) is 12.1 Å². The average Bonchev–Trinajstić information content (AvgIpc) is 2.75. The number of pyridine rings is 1. The molecule has 1 atom stereocenters. The number of alkyl halides is 1. The first-order chi connectivity index (χ1) is 8.69. The maximum Gasteiger partial charge on any atom is 0.215 e. The normalized spacial score (nSPS) is 12.9. The molecular formula is C12H16ClN3O2. The molecule has 0 bridgehead atoms. The van der Waals surface area contributed by atoms with Gasteiger partial charge < -0.3 is 14.0 Å². The van der Waals surface area contributed by atoms with Crippen molar-refractivity contribution in [3.05, 3.63) is 18.0 Å². The van der Waals surface area contributed by atoms with Gasteiger partial charge in [-0.1, -0.05) is 0 Å². The van der Waals surface area contributed by atoms with Gasteiger partial charge >= 0.3 is 0 Å². The molecule has 0 saturated carbocycles. The highest BCUT2D eigenvalue weighted by atomic mass is 35.5. The molecule has 5 nitrogen and oxygen atoms in total. The van der Waals surface area contributed by atoms with E-state index in [1.54, 1.807) is 20.3 Å². The zero-order valence-electron chi connectivity index (χ0n) is 10.7. The van der Waals surface area contributed by atoms with Crippen LogP contribution in [-0.4, -0.2) is 34.9 Å². The van der Waals surface area contributed by atoms with E-state index in [9.17, 15) is 0 Å². The van der Waals surface area contributed by atoms with Crippen molar-refractivity contribution < 1.29 is 9.47 Å². The van der Waals surface area contributed by atoms with Crippen LogP contribution in [-0.2, 0) is 17.2 Å². The topological polar surface area (TPSA) is 49.2 Å². The summed E-state index contributed by atoms with van der Waals surface area (Å²) < 4.78 is 12.4. The highest BCUT2D eigenvalue weighted by molar-refractivity contribution is 6.16. The molecule has 0 saturated heterocycles. The number of methoxy groups -OCH3 is 2. The number of hydrogen-bond acceptors (Lipinski definition) is 4. The van der Waals surface area contributed by atoms with Crippen LogP contribution in [0.5, 0.6) is 5.88 Å². The molecule has 6 heteroatoms. The zero-order valence-corrected chi connectivity index (χ0v) is 11.4. The Labute approximate surface area is 111 Å². The zero-order chi connectivity index (χ0) is 13.1. The minimum Gasteiger partial charge on any atom is -0.481 e. The van der Waals surface area contributed by atoms with Gasteiger partial charge in [-0.15, -0.1) is 11.6 Å². The average molecular weight is 270 g/mol. The lowest BCUT2D eigenvalue weighted by atomic mass is 10.4. The van der Waals surface area contributed by atoms with E-state index in [4.69, 9.17) is 21.1 Å². The first-order valence-electron chi connectivity index (χ1n) is 5.68. The summed E-state index contributed by atoms with van der Waals surface area (Å²) in [5.41, 5.74) is 1.59. The predicted molar refractivity (Wildman–Crippen MR) is 70.1 cm³/mol. The van der Waals surface area contributed by atoms with Gasteiger partial charge in [0.25, 0.3) is 0 Å². The van der Waals surface area contributed by atoms with Crippen LogP contribution in [0.3, 0.4) is 0 Å². The molecule has 0 spiro atoms. The van der Waals surface area contributed by atoms with Gasteiger partial charge in [0.1, 0.15) is 11.3 Å². The molecule has 0 aliphatic rings. The van der Waals surface area contributed by atoms with Crippen molar-refractivity contribution in [2.24, 2.45) is 0 Å². The molecule has 1 unspecified atom stereocenters. The largest absolute Gasteiger partial charge is 0.481 e. The molecule has 18 heavy (non-hydrogen) atoms. The van der Waals surface area contributed by atoms with E-state index < -0.39 is 0 Å². The minimum atomic E-state index is 0.0670. The molecule has 0 amide bonds. The van der Waals surface area contributed by atoms with E-state index in [0.29, 0.717) is 18.3 Å². The number of imidazole rings is 1. The second kappa shape index (κ2) is 5.54. The van der Waals surface area contributed by atoms with Crippen molar-refractivity contribution in [1.82, 2.24) is 14.5 Å².